The van der Waals surface area contributed by atoms with Crippen molar-refractivity contribution in [3.63, 3.8) is 0 Å². The number of anilines is 1. The van der Waals surface area contributed by atoms with Gasteiger partial charge in [-0.1, -0.05) is 6.07 Å². The first kappa shape index (κ1) is 14.3. The van der Waals surface area contributed by atoms with E-state index in [1.165, 1.54) is 0 Å². The van der Waals surface area contributed by atoms with E-state index < -0.39 is 0 Å². The second-order valence-electron chi connectivity index (χ2n) is 4.84. The van der Waals surface area contributed by atoms with Crippen LogP contribution in [0, 0.1) is 6.92 Å². The summed E-state index contributed by atoms with van der Waals surface area (Å²) in [6, 6.07) is 8.21. The van der Waals surface area contributed by atoms with E-state index >= 15 is 0 Å². The summed E-state index contributed by atoms with van der Waals surface area (Å²) < 4.78 is 12.6. The van der Waals surface area contributed by atoms with Gasteiger partial charge in [0, 0.05) is 19.4 Å². The van der Waals surface area contributed by atoms with Crippen molar-refractivity contribution < 1.29 is 9.47 Å². The number of aryl methyl sites for hydroxylation is 1. The van der Waals surface area contributed by atoms with Crippen molar-refractivity contribution in [1.82, 2.24) is 19.5 Å². The number of rotatable bonds is 5. The van der Waals surface area contributed by atoms with Crippen LogP contribution in [0.25, 0.3) is 16.9 Å². The van der Waals surface area contributed by atoms with Crippen LogP contribution in [0.3, 0.4) is 0 Å². The zero-order chi connectivity index (χ0) is 15.5. The highest BCUT2D eigenvalue weighted by molar-refractivity contribution is 5.79. The van der Waals surface area contributed by atoms with E-state index in [0.29, 0.717) is 25.0 Å². The summed E-state index contributed by atoms with van der Waals surface area (Å²) in [4.78, 5) is 12.7. The van der Waals surface area contributed by atoms with Crippen molar-refractivity contribution in [2.75, 3.05) is 26.1 Å². The quantitative estimate of drug-likeness (QED) is 0.722. The van der Waals surface area contributed by atoms with Gasteiger partial charge in [-0.05, 0) is 24.6 Å². The summed E-state index contributed by atoms with van der Waals surface area (Å²) in [5.74, 6) is 0.822. The van der Waals surface area contributed by atoms with E-state index in [1.807, 2.05) is 29.7 Å². The van der Waals surface area contributed by atoms with Gasteiger partial charge in [-0.2, -0.15) is 9.97 Å². The van der Waals surface area contributed by atoms with E-state index in [0.717, 1.165) is 16.6 Å². The van der Waals surface area contributed by atoms with E-state index in [4.69, 9.17) is 15.2 Å². The molecule has 7 nitrogen and oxygen atoms in total. The molecular weight excluding hydrogens is 282 g/mol. The molecule has 2 heterocycles. The lowest BCUT2D eigenvalue weighted by Gasteiger charge is -2.09. The number of hydrogen-bond acceptors (Lipinski definition) is 6. The predicted octanol–water partition coefficient (Wildman–Crippen LogP) is 1.73. The molecule has 0 saturated heterocycles. The van der Waals surface area contributed by atoms with E-state index in [-0.39, 0.29) is 5.95 Å². The molecule has 0 saturated carbocycles. The van der Waals surface area contributed by atoms with Crippen LogP contribution in [0.5, 0.6) is 6.01 Å². The van der Waals surface area contributed by atoms with Gasteiger partial charge in [0.15, 0.2) is 0 Å². The van der Waals surface area contributed by atoms with E-state index in [9.17, 15) is 0 Å². The smallest absolute Gasteiger partial charge is 0.303 e. The number of ether oxygens (including phenoxy) is 2. The van der Waals surface area contributed by atoms with Crippen molar-refractivity contribution in [3.8, 4) is 11.8 Å². The van der Waals surface area contributed by atoms with Gasteiger partial charge >= 0.3 is 6.01 Å². The highest BCUT2D eigenvalue weighted by Gasteiger charge is 2.15. The number of aromatic nitrogens is 4. The van der Waals surface area contributed by atoms with Crippen LogP contribution in [0.2, 0.25) is 0 Å². The third-order valence-corrected chi connectivity index (χ3v) is 3.19. The molecule has 7 heteroatoms. The molecule has 0 aliphatic rings. The highest BCUT2D eigenvalue weighted by Crippen LogP contribution is 2.26. The van der Waals surface area contributed by atoms with Crippen molar-refractivity contribution >= 4 is 17.0 Å². The lowest BCUT2D eigenvalue weighted by Crippen LogP contribution is -2.09. The fourth-order valence-electron chi connectivity index (χ4n) is 2.19. The summed E-state index contributed by atoms with van der Waals surface area (Å²) in [5.41, 5.74) is 8.55. The number of nitrogens with two attached hydrogens (primary N) is 1. The number of benzene rings is 1. The molecule has 2 aromatic heterocycles. The Morgan fingerprint density at radius 3 is 2.82 bits per heavy atom. The van der Waals surface area contributed by atoms with Gasteiger partial charge in [0.1, 0.15) is 12.4 Å². The monoisotopic (exact) mass is 299 g/mol. The molecule has 0 aliphatic carbocycles. The topological polar surface area (TPSA) is 88.1 Å². The third kappa shape index (κ3) is 2.71. The normalized spacial score (nSPS) is 11.0. The molecule has 114 valence electrons. The molecule has 0 amide bonds. The van der Waals surface area contributed by atoms with Gasteiger partial charge < -0.3 is 15.2 Å². The first-order valence-electron chi connectivity index (χ1n) is 6.89. The minimum absolute atomic E-state index is 0.204. The van der Waals surface area contributed by atoms with E-state index in [1.54, 1.807) is 19.4 Å². The molecule has 3 rings (SSSR count). The molecule has 22 heavy (non-hydrogen) atoms. The number of imidazole rings is 1. The zero-order valence-corrected chi connectivity index (χ0v) is 12.5. The van der Waals surface area contributed by atoms with Crippen LogP contribution >= 0.6 is 0 Å². The van der Waals surface area contributed by atoms with Gasteiger partial charge in [-0.3, -0.25) is 0 Å². The van der Waals surface area contributed by atoms with Crippen LogP contribution in [-0.4, -0.2) is 39.8 Å². The Bertz CT molecular complexity index is 800. The summed E-state index contributed by atoms with van der Waals surface area (Å²) in [7, 11) is 1.63. The second-order valence-corrected chi connectivity index (χ2v) is 4.84. The Balaban J connectivity index is 2.14. The molecule has 0 aliphatic heterocycles. The average Bonchev–Trinajstić information content (AvgIpc) is 2.85. The Kier molecular flexibility index (Phi) is 3.88. The number of hydrogen-bond donors (Lipinski definition) is 1. The molecule has 3 aromatic rings. The predicted molar refractivity (Wildman–Crippen MR) is 83.2 cm³/mol. The fourth-order valence-corrected chi connectivity index (χ4v) is 2.19. The Morgan fingerprint density at radius 2 is 2.05 bits per heavy atom. The lowest BCUT2D eigenvalue weighted by atomic mass is 10.2. The first-order valence-corrected chi connectivity index (χ1v) is 6.89. The second kappa shape index (κ2) is 5.98. The maximum absolute atomic E-state index is 5.72. The molecular formula is C15H17N5O2. The Morgan fingerprint density at radius 1 is 1.18 bits per heavy atom. The molecule has 1 aromatic carbocycles. The largest absolute Gasteiger partial charge is 0.462 e. The van der Waals surface area contributed by atoms with Crippen molar-refractivity contribution in [1.29, 1.82) is 0 Å². The lowest BCUT2D eigenvalue weighted by molar-refractivity contribution is 0.140. The van der Waals surface area contributed by atoms with E-state index in [2.05, 4.69) is 15.0 Å². The van der Waals surface area contributed by atoms with Crippen LogP contribution in [0.15, 0.2) is 30.5 Å². The summed E-state index contributed by atoms with van der Waals surface area (Å²) in [6.45, 7) is 2.91. The van der Waals surface area contributed by atoms with Gasteiger partial charge in [0.2, 0.25) is 5.95 Å². The molecule has 0 atom stereocenters. The van der Waals surface area contributed by atoms with Gasteiger partial charge in [-0.15, -0.1) is 0 Å². The van der Waals surface area contributed by atoms with Crippen molar-refractivity contribution in [2.24, 2.45) is 0 Å². The SMILES string of the molecule is COCCOc1nc2ccc(C)cc2n1-c1ccnc(N)n1. The fraction of sp³-hybridized carbons (Fsp3) is 0.267. The van der Waals surface area contributed by atoms with Gasteiger partial charge in [0.25, 0.3) is 0 Å². The number of fused-ring (bicyclic) bond motifs is 1. The maximum Gasteiger partial charge on any atom is 0.303 e. The molecule has 0 bridgehead atoms. The van der Waals surface area contributed by atoms with Crippen molar-refractivity contribution in [3.05, 3.63) is 36.0 Å². The average molecular weight is 299 g/mol. The van der Waals surface area contributed by atoms with Crippen LogP contribution in [0.4, 0.5) is 5.95 Å². The molecule has 0 fully saturated rings. The molecule has 0 radical (unpaired) electrons. The highest BCUT2D eigenvalue weighted by atomic mass is 16.5. The van der Waals surface area contributed by atoms with Crippen LogP contribution in [0.1, 0.15) is 5.56 Å². The third-order valence-electron chi connectivity index (χ3n) is 3.19. The Labute approximate surface area is 127 Å². The molecule has 0 unspecified atom stereocenters. The number of nitrogens with zero attached hydrogens (tertiary/aromatic N) is 4. The number of nitrogen functional groups attached to an aromatic ring is 1. The van der Waals surface area contributed by atoms with Crippen LogP contribution < -0.4 is 10.5 Å². The van der Waals surface area contributed by atoms with Gasteiger partial charge in [-0.25, -0.2) is 9.55 Å². The first-order chi connectivity index (χ1) is 10.7. The maximum atomic E-state index is 5.72. The summed E-state index contributed by atoms with van der Waals surface area (Å²) in [5, 5.41) is 0. The summed E-state index contributed by atoms with van der Waals surface area (Å²) in [6.07, 6.45) is 1.61. The van der Waals surface area contributed by atoms with Crippen LogP contribution in [-0.2, 0) is 4.74 Å². The minimum atomic E-state index is 0.204. The van der Waals surface area contributed by atoms with Crippen molar-refractivity contribution in [2.45, 2.75) is 6.92 Å². The Hall–Kier alpha value is -2.67. The van der Waals surface area contributed by atoms with Gasteiger partial charge in [0.05, 0.1) is 17.6 Å². The summed E-state index contributed by atoms with van der Waals surface area (Å²) >= 11 is 0. The number of methoxy groups -OCH3 is 1. The molecule has 0 spiro atoms. The zero-order valence-electron chi connectivity index (χ0n) is 12.5. The minimum Gasteiger partial charge on any atom is -0.462 e. The molecule has 2 N–H and O–H groups in total. The standard InChI is InChI=1S/C15H17N5O2/c1-10-3-4-11-12(9-10)20(13-5-6-17-14(16)19-13)15(18-11)22-8-7-21-2/h3-6,9H,7-8H2,1-2H3,(H2,16,17,19).